The van der Waals surface area contributed by atoms with Gasteiger partial charge in [-0.3, -0.25) is 0 Å². The van der Waals surface area contributed by atoms with Gasteiger partial charge in [0, 0.05) is 28.4 Å². The largest absolute Gasteiger partial charge is 0.399 e. The van der Waals surface area contributed by atoms with Crippen LogP contribution in [0.4, 0.5) is 11.4 Å². The Hall–Kier alpha value is -2.53. The molecule has 1 heterocycles. The maximum absolute atomic E-state index is 6.12. The molecule has 0 saturated carbocycles. The summed E-state index contributed by atoms with van der Waals surface area (Å²) in [6.07, 6.45) is 0.501. The second-order valence-electron chi connectivity index (χ2n) is 4.67. The van der Waals surface area contributed by atoms with E-state index in [1.54, 1.807) is 18.2 Å². The summed E-state index contributed by atoms with van der Waals surface area (Å²) in [5.74, 6) is 0.940. The lowest BCUT2D eigenvalue weighted by molar-refractivity contribution is 0.424. The molecule has 0 aliphatic carbocycles. The first-order chi connectivity index (χ1) is 10.1. The molecule has 21 heavy (non-hydrogen) atoms. The SMILES string of the molecule is Nc1cc(N)cc(-c2nc(Cc3ccccc3Cl)no2)c1. The zero-order chi connectivity index (χ0) is 14.8. The van der Waals surface area contributed by atoms with Gasteiger partial charge >= 0.3 is 0 Å². The van der Waals surface area contributed by atoms with Crippen LogP contribution in [0.25, 0.3) is 11.5 Å². The zero-order valence-electron chi connectivity index (χ0n) is 11.1. The van der Waals surface area contributed by atoms with E-state index in [0.717, 1.165) is 5.56 Å². The lowest BCUT2D eigenvalue weighted by Gasteiger charge is -2.00. The van der Waals surface area contributed by atoms with E-state index in [9.17, 15) is 0 Å². The molecule has 0 atom stereocenters. The third-order valence-electron chi connectivity index (χ3n) is 3.00. The number of anilines is 2. The van der Waals surface area contributed by atoms with Crippen molar-refractivity contribution in [3.8, 4) is 11.5 Å². The molecule has 0 unspecified atom stereocenters. The standard InChI is InChI=1S/C15H13ClN4O/c16-13-4-2-1-3-9(13)7-14-19-15(21-20-14)10-5-11(17)8-12(18)6-10/h1-6,8H,7,17-18H2. The van der Waals surface area contributed by atoms with Crippen molar-refractivity contribution in [2.24, 2.45) is 0 Å². The molecule has 0 radical (unpaired) electrons. The van der Waals surface area contributed by atoms with Gasteiger partial charge in [0.25, 0.3) is 5.89 Å². The van der Waals surface area contributed by atoms with Crippen LogP contribution in [-0.4, -0.2) is 10.1 Å². The van der Waals surface area contributed by atoms with Crippen molar-refractivity contribution in [2.75, 3.05) is 11.5 Å². The topological polar surface area (TPSA) is 91.0 Å². The van der Waals surface area contributed by atoms with E-state index < -0.39 is 0 Å². The van der Waals surface area contributed by atoms with Gasteiger partial charge in [-0.1, -0.05) is 35.0 Å². The van der Waals surface area contributed by atoms with Crippen molar-refractivity contribution in [3.05, 3.63) is 58.9 Å². The molecule has 0 spiro atoms. The molecular formula is C15H13ClN4O. The highest BCUT2D eigenvalue weighted by Gasteiger charge is 2.11. The lowest BCUT2D eigenvalue weighted by Crippen LogP contribution is -1.93. The quantitative estimate of drug-likeness (QED) is 0.725. The van der Waals surface area contributed by atoms with Gasteiger partial charge in [0.1, 0.15) is 0 Å². The van der Waals surface area contributed by atoms with Gasteiger partial charge in [-0.15, -0.1) is 0 Å². The van der Waals surface area contributed by atoms with E-state index in [1.165, 1.54) is 0 Å². The summed E-state index contributed by atoms with van der Waals surface area (Å²) in [5, 5.41) is 4.64. The Labute approximate surface area is 126 Å². The Morgan fingerprint density at radius 1 is 1.05 bits per heavy atom. The second kappa shape index (κ2) is 5.46. The van der Waals surface area contributed by atoms with Crippen molar-refractivity contribution >= 4 is 23.0 Å². The van der Waals surface area contributed by atoms with E-state index in [2.05, 4.69) is 10.1 Å². The van der Waals surface area contributed by atoms with Crippen molar-refractivity contribution in [3.63, 3.8) is 0 Å². The molecule has 0 amide bonds. The molecule has 5 nitrogen and oxygen atoms in total. The average Bonchev–Trinajstić information content (AvgIpc) is 2.89. The van der Waals surface area contributed by atoms with Crippen LogP contribution in [0, 0.1) is 0 Å². The maximum Gasteiger partial charge on any atom is 0.258 e. The fraction of sp³-hybridized carbons (Fsp3) is 0.0667. The fourth-order valence-electron chi connectivity index (χ4n) is 2.06. The molecule has 3 rings (SSSR count). The number of rotatable bonds is 3. The van der Waals surface area contributed by atoms with Crippen LogP contribution in [-0.2, 0) is 6.42 Å². The smallest absolute Gasteiger partial charge is 0.258 e. The molecule has 3 aromatic rings. The monoisotopic (exact) mass is 300 g/mol. The van der Waals surface area contributed by atoms with Gasteiger partial charge in [-0.05, 0) is 29.8 Å². The first kappa shape index (κ1) is 13.5. The third-order valence-corrected chi connectivity index (χ3v) is 3.37. The second-order valence-corrected chi connectivity index (χ2v) is 5.08. The predicted molar refractivity (Wildman–Crippen MR) is 82.8 cm³/mol. The van der Waals surface area contributed by atoms with Crippen LogP contribution < -0.4 is 11.5 Å². The van der Waals surface area contributed by atoms with Crippen LogP contribution >= 0.6 is 11.6 Å². The predicted octanol–water partition coefficient (Wildman–Crippen LogP) is 3.15. The maximum atomic E-state index is 6.12. The lowest BCUT2D eigenvalue weighted by atomic mass is 10.1. The van der Waals surface area contributed by atoms with Gasteiger partial charge in [0.15, 0.2) is 5.82 Å². The highest BCUT2D eigenvalue weighted by Crippen LogP contribution is 2.24. The molecule has 0 saturated heterocycles. The van der Waals surface area contributed by atoms with Gasteiger partial charge in [-0.25, -0.2) is 0 Å². The van der Waals surface area contributed by atoms with E-state index in [-0.39, 0.29) is 0 Å². The zero-order valence-corrected chi connectivity index (χ0v) is 11.8. The van der Waals surface area contributed by atoms with E-state index in [1.807, 2.05) is 24.3 Å². The van der Waals surface area contributed by atoms with Crippen LogP contribution in [0.3, 0.4) is 0 Å². The molecule has 0 bridgehead atoms. The van der Waals surface area contributed by atoms with E-state index >= 15 is 0 Å². The number of nitrogens with two attached hydrogens (primary N) is 2. The number of benzene rings is 2. The van der Waals surface area contributed by atoms with Crippen LogP contribution in [0.1, 0.15) is 11.4 Å². The Balaban J connectivity index is 1.88. The number of nitrogen functional groups attached to an aromatic ring is 2. The van der Waals surface area contributed by atoms with Crippen molar-refractivity contribution in [1.29, 1.82) is 0 Å². The number of halogens is 1. The number of aromatic nitrogens is 2. The summed E-state index contributed by atoms with van der Waals surface area (Å²) in [5.41, 5.74) is 14.3. The van der Waals surface area contributed by atoms with Crippen LogP contribution in [0.5, 0.6) is 0 Å². The molecule has 4 N–H and O–H groups in total. The van der Waals surface area contributed by atoms with E-state index in [0.29, 0.717) is 40.1 Å². The molecule has 2 aromatic carbocycles. The number of hydrogen-bond donors (Lipinski definition) is 2. The number of nitrogens with zero attached hydrogens (tertiary/aromatic N) is 2. The number of hydrogen-bond acceptors (Lipinski definition) is 5. The van der Waals surface area contributed by atoms with Crippen LogP contribution in [0.2, 0.25) is 5.02 Å². The minimum Gasteiger partial charge on any atom is -0.399 e. The van der Waals surface area contributed by atoms with Crippen LogP contribution in [0.15, 0.2) is 47.0 Å². The molecule has 106 valence electrons. The van der Waals surface area contributed by atoms with Gasteiger partial charge in [0.2, 0.25) is 0 Å². The minimum atomic E-state index is 0.385. The Morgan fingerprint density at radius 2 is 1.76 bits per heavy atom. The summed E-state index contributed by atoms with van der Waals surface area (Å²) in [7, 11) is 0. The minimum absolute atomic E-state index is 0.385. The van der Waals surface area contributed by atoms with Gasteiger partial charge in [-0.2, -0.15) is 4.98 Å². The van der Waals surface area contributed by atoms with Gasteiger partial charge in [0.05, 0.1) is 0 Å². The summed E-state index contributed by atoms with van der Waals surface area (Å²) in [6, 6.07) is 12.7. The molecule has 1 aromatic heterocycles. The Morgan fingerprint density at radius 3 is 2.48 bits per heavy atom. The first-order valence-electron chi connectivity index (χ1n) is 6.34. The molecule has 0 aliphatic rings. The highest BCUT2D eigenvalue weighted by molar-refractivity contribution is 6.31. The average molecular weight is 301 g/mol. The molecule has 0 aliphatic heterocycles. The summed E-state index contributed by atoms with van der Waals surface area (Å²) in [6.45, 7) is 0. The molecular weight excluding hydrogens is 288 g/mol. The third kappa shape index (κ3) is 2.98. The normalized spacial score (nSPS) is 10.7. The summed E-state index contributed by atoms with van der Waals surface area (Å²) in [4.78, 5) is 4.35. The summed E-state index contributed by atoms with van der Waals surface area (Å²) < 4.78 is 5.26. The van der Waals surface area contributed by atoms with Crippen molar-refractivity contribution in [2.45, 2.75) is 6.42 Å². The van der Waals surface area contributed by atoms with Crippen molar-refractivity contribution in [1.82, 2.24) is 10.1 Å². The molecule has 0 fully saturated rings. The fourth-order valence-corrected chi connectivity index (χ4v) is 2.26. The first-order valence-corrected chi connectivity index (χ1v) is 6.72. The Kier molecular flexibility index (Phi) is 3.50. The highest BCUT2D eigenvalue weighted by atomic mass is 35.5. The van der Waals surface area contributed by atoms with E-state index in [4.69, 9.17) is 27.6 Å². The van der Waals surface area contributed by atoms with Gasteiger partial charge < -0.3 is 16.0 Å². The summed E-state index contributed by atoms with van der Waals surface area (Å²) >= 11 is 6.12. The van der Waals surface area contributed by atoms with Crippen molar-refractivity contribution < 1.29 is 4.52 Å². The molecule has 6 heteroatoms. The Bertz CT molecular complexity index is 765.